The first-order chi connectivity index (χ1) is 13.7. The monoisotopic (exact) mass is 408 g/mol. The van der Waals surface area contributed by atoms with Crippen LogP contribution < -0.4 is 10.6 Å². The zero-order valence-corrected chi connectivity index (χ0v) is 17.5. The number of aliphatic hydroxyl groups excluding tert-OH is 1. The summed E-state index contributed by atoms with van der Waals surface area (Å²) in [5.41, 5.74) is 1.19. The van der Waals surface area contributed by atoms with Crippen LogP contribution in [0.2, 0.25) is 5.02 Å². The van der Waals surface area contributed by atoms with Crippen LogP contribution in [0.25, 0.3) is 0 Å². The van der Waals surface area contributed by atoms with Crippen LogP contribution in [0.5, 0.6) is 0 Å². The number of hydrogen-bond donors (Lipinski definition) is 3. The summed E-state index contributed by atoms with van der Waals surface area (Å²) in [6, 6.07) is 8.63. The van der Waals surface area contributed by atoms with E-state index in [0.717, 1.165) is 69.5 Å². The third-order valence-electron chi connectivity index (χ3n) is 5.52. The number of guanidine groups is 1. The second-order valence-corrected chi connectivity index (χ2v) is 8.02. The SMILES string of the molecule is CCNC(=NCC(c1cccc(Cl)c1)N1CCOCC1)NC1CCC(O)CC1. The molecule has 1 saturated heterocycles. The molecule has 1 saturated carbocycles. The summed E-state index contributed by atoms with van der Waals surface area (Å²) in [6.07, 6.45) is 3.53. The minimum atomic E-state index is -0.147. The first-order valence-corrected chi connectivity index (χ1v) is 10.8. The molecule has 2 fully saturated rings. The van der Waals surface area contributed by atoms with E-state index in [4.69, 9.17) is 21.3 Å². The van der Waals surface area contributed by atoms with E-state index in [1.807, 2.05) is 18.2 Å². The van der Waals surface area contributed by atoms with E-state index in [1.54, 1.807) is 0 Å². The van der Waals surface area contributed by atoms with E-state index in [0.29, 0.717) is 12.6 Å². The molecule has 0 aromatic heterocycles. The van der Waals surface area contributed by atoms with Crippen molar-refractivity contribution in [2.24, 2.45) is 4.99 Å². The Morgan fingerprint density at radius 1 is 1.29 bits per heavy atom. The van der Waals surface area contributed by atoms with E-state index in [2.05, 4.69) is 28.5 Å². The highest BCUT2D eigenvalue weighted by atomic mass is 35.5. The molecule has 0 amide bonds. The standard InChI is InChI=1S/C21H33ClN4O2/c1-2-23-21(25-18-6-8-19(27)9-7-18)24-15-20(26-10-12-28-13-11-26)16-4-3-5-17(22)14-16/h3-5,14,18-20,27H,2,6-13,15H2,1H3,(H2,23,24,25). The summed E-state index contributed by atoms with van der Waals surface area (Å²) in [4.78, 5) is 7.34. The van der Waals surface area contributed by atoms with Crippen molar-refractivity contribution in [2.45, 2.75) is 50.8 Å². The second-order valence-electron chi connectivity index (χ2n) is 7.59. The highest BCUT2D eigenvalue weighted by Gasteiger charge is 2.24. The lowest BCUT2D eigenvalue weighted by Crippen LogP contribution is -2.46. The number of morpholine rings is 1. The van der Waals surface area contributed by atoms with Gasteiger partial charge in [0.05, 0.1) is 31.9 Å². The molecule has 1 heterocycles. The van der Waals surface area contributed by atoms with Crippen LogP contribution >= 0.6 is 11.6 Å². The van der Waals surface area contributed by atoms with Crippen LogP contribution in [-0.2, 0) is 4.74 Å². The maximum absolute atomic E-state index is 9.73. The molecule has 1 aliphatic heterocycles. The van der Waals surface area contributed by atoms with Crippen molar-refractivity contribution >= 4 is 17.6 Å². The van der Waals surface area contributed by atoms with Gasteiger partial charge in [0, 0.05) is 30.7 Å². The molecule has 156 valence electrons. The van der Waals surface area contributed by atoms with E-state index in [1.165, 1.54) is 5.56 Å². The molecule has 6 nitrogen and oxygen atoms in total. The first-order valence-electron chi connectivity index (χ1n) is 10.5. The smallest absolute Gasteiger partial charge is 0.191 e. The minimum Gasteiger partial charge on any atom is -0.393 e. The van der Waals surface area contributed by atoms with E-state index in [-0.39, 0.29) is 12.1 Å². The van der Waals surface area contributed by atoms with E-state index in [9.17, 15) is 5.11 Å². The van der Waals surface area contributed by atoms with Crippen LogP contribution in [0.1, 0.15) is 44.2 Å². The third kappa shape index (κ3) is 6.34. The van der Waals surface area contributed by atoms with Crippen molar-refractivity contribution in [1.29, 1.82) is 0 Å². The summed E-state index contributed by atoms with van der Waals surface area (Å²) in [5.74, 6) is 0.851. The third-order valence-corrected chi connectivity index (χ3v) is 5.76. The van der Waals surface area contributed by atoms with Gasteiger partial charge in [-0.05, 0) is 50.3 Å². The zero-order chi connectivity index (χ0) is 19.8. The van der Waals surface area contributed by atoms with Gasteiger partial charge in [0.2, 0.25) is 0 Å². The Balaban J connectivity index is 1.71. The number of hydrogen-bond acceptors (Lipinski definition) is 4. The molecule has 0 radical (unpaired) electrons. The Kier molecular flexibility index (Phi) is 8.40. The fraction of sp³-hybridized carbons (Fsp3) is 0.667. The van der Waals surface area contributed by atoms with Gasteiger partial charge in [0.25, 0.3) is 0 Å². The molecule has 3 rings (SSSR count). The lowest BCUT2D eigenvalue weighted by Gasteiger charge is -2.34. The van der Waals surface area contributed by atoms with Crippen molar-refractivity contribution < 1.29 is 9.84 Å². The molecule has 0 bridgehead atoms. The second kappa shape index (κ2) is 11.0. The molecule has 1 aromatic rings. The van der Waals surface area contributed by atoms with Gasteiger partial charge in [0.1, 0.15) is 0 Å². The largest absolute Gasteiger partial charge is 0.393 e. The molecule has 1 atom stereocenters. The highest BCUT2D eigenvalue weighted by molar-refractivity contribution is 6.30. The normalized spacial score (nSPS) is 25.3. The molecule has 3 N–H and O–H groups in total. The lowest BCUT2D eigenvalue weighted by molar-refractivity contribution is 0.0179. The van der Waals surface area contributed by atoms with E-state index < -0.39 is 0 Å². The van der Waals surface area contributed by atoms with Crippen LogP contribution in [0, 0.1) is 0 Å². The van der Waals surface area contributed by atoms with Gasteiger partial charge in [-0.1, -0.05) is 23.7 Å². The van der Waals surface area contributed by atoms with Gasteiger partial charge in [-0.25, -0.2) is 0 Å². The van der Waals surface area contributed by atoms with Crippen LogP contribution in [0.4, 0.5) is 0 Å². The van der Waals surface area contributed by atoms with Crippen LogP contribution in [0.15, 0.2) is 29.3 Å². The highest BCUT2D eigenvalue weighted by Crippen LogP contribution is 2.25. The number of benzene rings is 1. The molecule has 7 heteroatoms. The fourth-order valence-electron chi connectivity index (χ4n) is 3.95. The number of aliphatic imine (C=N–C) groups is 1. The molecular weight excluding hydrogens is 376 g/mol. The van der Waals surface area contributed by atoms with Crippen molar-refractivity contribution in [1.82, 2.24) is 15.5 Å². The molecule has 2 aliphatic rings. The van der Waals surface area contributed by atoms with E-state index >= 15 is 0 Å². The molecule has 28 heavy (non-hydrogen) atoms. The zero-order valence-electron chi connectivity index (χ0n) is 16.7. The lowest BCUT2D eigenvalue weighted by atomic mass is 9.93. The Labute approximate surface area is 173 Å². The summed E-state index contributed by atoms with van der Waals surface area (Å²) in [6.45, 7) is 6.87. The molecule has 1 unspecified atom stereocenters. The Morgan fingerprint density at radius 3 is 2.71 bits per heavy atom. The number of halogens is 1. The fourth-order valence-corrected chi connectivity index (χ4v) is 4.14. The number of rotatable bonds is 6. The Morgan fingerprint density at radius 2 is 2.04 bits per heavy atom. The number of ether oxygens (including phenoxy) is 1. The van der Waals surface area contributed by atoms with Gasteiger partial charge in [0.15, 0.2) is 5.96 Å². The summed E-state index contributed by atoms with van der Waals surface area (Å²) < 4.78 is 5.53. The average Bonchev–Trinajstić information content (AvgIpc) is 2.71. The summed E-state index contributed by atoms with van der Waals surface area (Å²) >= 11 is 6.26. The maximum atomic E-state index is 9.73. The van der Waals surface area contributed by atoms with Crippen molar-refractivity contribution in [3.05, 3.63) is 34.9 Å². The minimum absolute atomic E-state index is 0.147. The Bertz CT molecular complexity index is 629. The average molecular weight is 409 g/mol. The van der Waals surface area contributed by atoms with Gasteiger partial charge < -0.3 is 20.5 Å². The van der Waals surface area contributed by atoms with Crippen molar-refractivity contribution in [2.75, 3.05) is 39.4 Å². The van der Waals surface area contributed by atoms with Gasteiger partial charge in [-0.15, -0.1) is 0 Å². The maximum Gasteiger partial charge on any atom is 0.191 e. The molecular formula is C21H33ClN4O2. The number of aliphatic hydroxyl groups is 1. The van der Waals surface area contributed by atoms with Crippen molar-refractivity contribution in [3.63, 3.8) is 0 Å². The molecule has 1 aromatic carbocycles. The topological polar surface area (TPSA) is 69.1 Å². The van der Waals surface area contributed by atoms with Gasteiger partial charge in [-0.3, -0.25) is 9.89 Å². The Hall–Kier alpha value is -1.34. The molecule has 0 spiro atoms. The quantitative estimate of drug-likeness (QED) is 0.498. The molecule has 1 aliphatic carbocycles. The predicted octanol–water partition coefficient (Wildman–Crippen LogP) is 2.57. The summed E-state index contributed by atoms with van der Waals surface area (Å²) in [5, 5.41) is 17.4. The predicted molar refractivity (Wildman–Crippen MR) is 114 cm³/mol. The number of nitrogens with one attached hydrogen (secondary N) is 2. The van der Waals surface area contributed by atoms with Gasteiger partial charge in [-0.2, -0.15) is 0 Å². The summed E-state index contributed by atoms with van der Waals surface area (Å²) in [7, 11) is 0. The van der Waals surface area contributed by atoms with Crippen LogP contribution in [-0.4, -0.2) is 67.5 Å². The van der Waals surface area contributed by atoms with Gasteiger partial charge >= 0.3 is 0 Å². The number of nitrogens with zero attached hydrogens (tertiary/aromatic N) is 2. The van der Waals surface area contributed by atoms with Crippen molar-refractivity contribution in [3.8, 4) is 0 Å². The first kappa shape index (κ1) is 21.4. The van der Waals surface area contributed by atoms with Crippen LogP contribution in [0.3, 0.4) is 0 Å².